The second kappa shape index (κ2) is 8.89. The van der Waals surface area contributed by atoms with E-state index >= 15 is 0 Å². The third kappa shape index (κ3) is 3.81. The number of nitrogens with zero attached hydrogens (tertiary/aromatic N) is 3. The third-order valence-corrected chi connectivity index (χ3v) is 6.01. The Morgan fingerprint density at radius 1 is 1.10 bits per heavy atom. The monoisotopic (exact) mass is 440 g/mol. The lowest BCUT2D eigenvalue weighted by Gasteiger charge is -2.34. The Morgan fingerprint density at radius 2 is 1.81 bits per heavy atom. The van der Waals surface area contributed by atoms with Gasteiger partial charge in [0.25, 0.3) is 5.91 Å². The molecule has 2 heterocycles. The summed E-state index contributed by atoms with van der Waals surface area (Å²) in [5.41, 5.74) is 1.23. The molecule has 0 bridgehead atoms. The maximum absolute atomic E-state index is 13.1. The first-order valence-corrected chi connectivity index (χ1v) is 10.9. The summed E-state index contributed by atoms with van der Waals surface area (Å²) < 4.78 is 16.5. The average Bonchev–Trinajstić information content (AvgIpc) is 2.80. The van der Waals surface area contributed by atoms with Crippen molar-refractivity contribution >= 4 is 28.5 Å². The molecule has 0 aliphatic carbocycles. The molecule has 2 aromatic carbocycles. The topological polar surface area (TPSA) is 84.8 Å². The van der Waals surface area contributed by atoms with E-state index in [0.717, 1.165) is 28.3 Å². The van der Waals surface area contributed by atoms with Crippen molar-refractivity contribution in [1.29, 1.82) is 0 Å². The van der Waals surface area contributed by atoms with Gasteiger partial charge in [0.2, 0.25) is 5.75 Å². The van der Waals surface area contributed by atoms with Crippen LogP contribution in [0.25, 0.3) is 5.70 Å². The van der Waals surface area contributed by atoms with Crippen molar-refractivity contribution in [3.05, 3.63) is 52.5 Å². The van der Waals surface area contributed by atoms with Crippen molar-refractivity contribution in [3.8, 4) is 17.2 Å². The summed E-state index contributed by atoms with van der Waals surface area (Å²) in [5, 5.41) is 11.4. The smallest absolute Gasteiger partial charge is 0.276 e. The van der Waals surface area contributed by atoms with Crippen LogP contribution in [0, 0.1) is 0 Å². The number of hydrazone groups is 1. The Hall–Kier alpha value is -3.20. The zero-order valence-corrected chi connectivity index (χ0v) is 18.7. The van der Waals surface area contributed by atoms with Crippen LogP contribution < -0.4 is 30.1 Å². The molecule has 0 saturated carbocycles. The molecule has 0 spiro atoms. The van der Waals surface area contributed by atoms with Crippen molar-refractivity contribution in [3.63, 3.8) is 0 Å². The molecule has 0 aromatic heterocycles. The highest BCUT2D eigenvalue weighted by atomic mass is 32.2. The second-order valence-corrected chi connectivity index (χ2v) is 7.96. The summed E-state index contributed by atoms with van der Waals surface area (Å²) >= 11 is 1.51. The number of rotatable bonds is 6. The van der Waals surface area contributed by atoms with Gasteiger partial charge in [-0.1, -0.05) is 36.9 Å². The summed E-state index contributed by atoms with van der Waals surface area (Å²) in [6.07, 6.45) is 0.404. The lowest BCUT2D eigenvalue weighted by atomic mass is 10.1. The van der Waals surface area contributed by atoms with Crippen LogP contribution in [-0.4, -0.2) is 43.2 Å². The molecule has 9 heteroatoms. The predicted octanol–water partition coefficient (Wildman–Crippen LogP) is 2.00. The van der Waals surface area contributed by atoms with Crippen LogP contribution in [0.2, 0.25) is 0 Å². The minimum Gasteiger partial charge on any atom is -0.493 e. The van der Waals surface area contributed by atoms with Crippen LogP contribution in [0.5, 0.6) is 17.2 Å². The van der Waals surface area contributed by atoms with E-state index in [4.69, 9.17) is 24.3 Å². The van der Waals surface area contributed by atoms with Crippen molar-refractivity contribution < 1.29 is 19.0 Å². The quantitative estimate of drug-likeness (QED) is 0.740. The summed E-state index contributed by atoms with van der Waals surface area (Å²) in [5.74, 6) is 2.17. The van der Waals surface area contributed by atoms with Gasteiger partial charge < -0.3 is 14.2 Å². The van der Waals surface area contributed by atoms with E-state index in [1.807, 2.05) is 36.4 Å². The highest BCUT2D eigenvalue weighted by Crippen LogP contribution is 2.42. The lowest BCUT2D eigenvalue weighted by molar-refractivity contribution is -0.116. The molecule has 4 rings (SSSR count). The molecule has 2 aliphatic rings. The van der Waals surface area contributed by atoms with Crippen LogP contribution in [0.15, 0.2) is 46.5 Å². The predicted molar refractivity (Wildman–Crippen MR) is 120 cm³/mol. The first kappa shape index (κ1) is 21.0. The number of para-hydroxylation sites is 1. The zero-order chi connectivity index (χ0) is 22.0. The summed E-state index contributed by atoms with van der Waals surface area (Å²) in [7, 11) is 4.69. The molecule has 2 aliphatic heterocycles. The number of ether oxygens (including phenoxy) is 3. The largest absolute Gasteiger partial charge is 0.493 e. The molecule has 8 nitrogen and oxygen atoms in total. The molecular formula is C22H24N4O4S. The van der Waals surface area contributed by atoms with Crippen LogP contribution in [0.4, 0.5) is 0 Å². The molecule has 0 saturated heterocycles. The second-order valence-electron chi connectivity index (χ2n) is 6.88. The number of amides is 1. The number of methoxy groups -OCH3 is 3. The fourth-order valence-electron chi connectivity index (χ4n) is 3.56. The van der Waals surface area contributed by atoms with E-state index < -0.39 is 6.17 Å². The Kier molecular flexibility index (Phi) is 6.03. The van der Waals surface area contributed by atoms with Crippen molar-refractivity contribution in [2.75, 3.05) is 27.1 Å². The highest BCUT2D eigenvalue weighted by molar-refractivity contribution is 8.13. The van der Waals surface area contributed by atoms with Gasteiger partial charge >= 0.3 is 0 Å². The Morgan fingerprint density at radius 3 is 2.45 bits per heavy atom. The van der Waals surface area contributed by atoms with E-state index in [2.05, 4.69) is 12.2 Å². The zero-order valence-electron chi connectivity index (χ0n) is 17.8. The van der Waals surface area contributed by atoms with Crippen LogP contribution in [0.3, 0.4) is 0 Å². The first-order valence-electron chi connectivity index (χ1n) is 9.90. The molecule has 0 fully saturated rings. The van der Waals surface area contributed by atoms with Crippen molar-refractivity contribution in [2.45, 2.75) is 19.5 Å². The normalized spacial score (nSPS) is 17.1. The number of amidine groups is 1. The number of hydrogen-bond acceptors (Lipinski definition) is 8. The van der Waals surface area contributed by atoms with Crippen molar-refractivity contribution in [2.24, 2.45) is 10.1 Å². The summed E-state index contributed by atoms with van der Waals surface area (Å²) in [6.45, 7) is 2.08. The molecule has 1 N–H and O–H groups in total. The maximum Gasteiger partial charge on any atom is 0.276 e. The van der Waals surface area contributed by atoms with Gasteiger partial charge in [0, 0.05) is 16.5 Å². The highest BCUT2D eigenvalue weighted by Gasteiger charge is 2.35. The average molecular weight is 441 g/mol. The molecule has 31 heavy (non-hydrogen) atoms. The number of fused-ring (bicyclic) bond motifs is 2. The molecule has 0 radical (unpaired) electrons. The Bertz CT molecular complexity index is 1140. The summed E-state index contributed by atoms with van der Waals surface area (Å²) in [6, 6.07) is 11.2. The van der Waals surface area contributed by atoms with E-state index in [0.29, 0.717) is 28.1 Å². The van der Waals surface area contributed by atoms with Gasteiger partial charge in [0.1, 0.15) is 5.70 Å². The number of hydrogen-bond donors (Lipinski definition) is 1. The maximum atomic E-state index is 13.1. The number of thioether (sulfide) groups is 1. The van der Waals surface area contributed by atoms with Gasteiger partial charge in [-0.3, -0.25) is 15.1 Å². The number of carbonyl (C=O) groups is 1. The number of benzene rings is 2. The van der Waals surface area contributed by atoms with E-state index in [-0.39, 0.29) is 5.91 Å². The Labute approximate surface area is 184 Å². The molecule has 2 aromatic rings. The van der Waals surface area contributed by atoms with Gasteiger partial charge in [0.05, 0.1) is 26.7 Å². The fourth-order valence-corrected chi connectivity index (χ4v) is 4.27. The van der Waals surface area contributed by atoms with E-state index in [1.165, 1.54) is 11.8 Å². The SMILES string of the molecule is CCCSC1=NN2C(=c3ccccc3=NC2c2cc(OC)c(OC)c(OC)c2)C(=O)N1. The van der Waals surface area contributed by atoms with Gasteiger partial charge in [-0.05, 0) is 24.6 Å². The molecular weight excluding hydrogens is 416 g/mol. The van der Waals surface area contributed by atoms with Gasteiger partial charge in [-0.15, -0.1) is 5.10 Å². The third-order valence-electron chi connectivity index (χ3n) is 4.94. The molecule has 162 valence electrons. The van der Waals surface area contributed by atoms with Crippen molar-refractivity contribution in [1.82, 2.24) is 10.3 Å². The standard InChI is InChI=1S/C22H24N4O4S/c1-5-10-31-22-24-21(27)18-14-8-6-7-9-15(14)23-20(26(18)25-22)13-11-16(28-2)19(30-4)17(12-13)29-3/h6-9,11-12,20H,5,10H2,1-4H3,(H,24,25,27). The number of carbonyl (C=O) groups excluding carboxylic acids is 1. The van der Waals surface area contributed by atoms with Gasteiger partial charge in [0.15, 0.2) is 22.8 Å². The molecule has 1 atom stereocenters. The van der Waals surface area contributed by atoms with Gasteiger partial charge in [-0.2, -0.15) is 0 Å². The van der Waals surface area contributed by atoms with Crippen LogP contribution in [-0.2, 0) is 4.79 Å². The van der Waals surface area contributed by atoms with Gasteiger partial charge in [-0.25, -0.2) is 5.01 Å². The van der Waals surface area contributed by atoms with Crippen LogP contribution >= 0.6 is 11.8 Å². The van der Waals surface area contributed by atoms with Crippen LogP contribution in [0.1, 0.15) is 25.1 Å². The fraction of sp³-hybridized carbons (Fsp3) is 0.318. The molecule has 1 amide bonds. The number of nitrogens with one attached hydrogen (secondary N) is 1. The van der Waals surface area contributed by atoms with E-state index in [9.17, 15) is 4.79 Å². The lowest BCUT2D eigenvalue weighted by Crippen LogP contribution is -2.50. The minimum absolute atomic E-state index is 0.201. The Balaban J connectivity index is 1.92. The molecule has 1 unspecified atom stereocenters. The van der Waals surface area contributed by atoms with E-state index in [1.54, 1.807) is 26.3 Å². The summed E-state index contributed by atoms with van der Waals surface area (Å²) in [4.78, 5) is 18.0. The first-order chi connectivity index (χ1) is 15.1. The minimum atomic E-state index is -0.568.